The Morgan fingerprint density at radius 3 is 2.05 bits per heavy atom. The molecule has 1 aromatic carbocycles. The number of aryl methyl sites for hydroxylation is 3. The molecule has 0 fully saturated rings. The number of halogens is 3. The van der Waals surface area contributed by atoms with Crippen molar-refractivity contribution in [2.45, 2.75) is 33.9 Å². The maximum atomic E-state index is 12.4. The number of ketones is 1. The lowest BCUT2D eigenvalue weighted by atomic mass is 9.96. The highest BCUT2D eigenvalue weighted by molar-refractivity contribution is 6.00. The number of carbonyl (C=O) groups excluding carboxylic acids is 1. The number of hydrogen-bond acceptors (Lipinski definition) is 2. The summed E-state index contributed by atoms with van der Waals surface area (Å²) in [5.74, 6) is -0.258. The topological polar surface area (TPSA) is 20.3 Å². The van der Waals surface area contributed by atoms with Gasteiger partial charge < -0.3 is 0 Å². The van der Waals surface area contributed by atoms with Gasteiger partial charge in [-0.1, -0.05) is 24.6 Å². The van der Waals surface area contributed by atoms with E-state index in [1.54, 1.807) is 6.92 Å². The van der Waals surface area contributed by atoms with Crippen LogP contribution in [0.4, 0.5) is 13.2 Å². The van der Waals surface area contributed by atoms with Gasteiger partial charge in [0.25, 0.3) is 0 Å². The van der Waals surface area contributed by atoms with E-state index in [4.69, 9.17) is 0 Å². The monoisotopic (exact) mass is 287 g/mol. The third-order valence-electron chi connectivity index (χ3n) is 3.17. The second-order valence-electron chi connectivity index (χ2n) is 5.12. The molecular weight excluding hydrogens is 267 g/mol. The number of benzene rings is 1. The first-order chi connectivity index (χ1) is 9.14. The average molecular weight is 287 g/mol. The van der Waals surface area contributed by atoms with E-state index >= 15 is 0 Å². The quantitative estimate of drug-likeness (QED) is 0.770. The SMILES string of the molecule is CCN(CC(=O)c1c(C)cc(C)cc1C)CC(F)(F)F. The molecule has 0 aliphatic rings. The Balaban J connectivity index is 2.91. The molecule has 20 heavy (non-hydrogen) atoms. The van der Waals surface area contributed by atoms with Crippen LogP contribution < -0.4 is 0 Å². The Morgan fingerprint density at radius 2 is 1.65 bits per heavy atom. The summed E-state index contributed by atoms with van der Waals surface area (Å²) in [5.41, 5.74) is 3.21. The van der Waals surface area contributed by atoms with Crippen molar-refractivity contribution in [2.75, 3.05) is 19.6 Å². The van der Waals surface area contributed by atoms with Gasteiger partial charge in [0, 0.05) is 5.56 Å². The third kappa shape index (κ3) is 4.63. The average Bonchev–Trinajstić information content (AvgIpc) is 2.24. The standard InChI is InChI=1S/C15H20F3NO/c1-5-19(9-15(16,17)18)8-13(20)14-11(3)6-10(2)7-12(14)4/h6-7H,5,8-9H2,1-4H3. The first kappa shape index (κ1) is 16.7. The van der Waals surface area contributed by atoms with E-state index in [2.05, 4.69) is 0 Å². The predicted octanol–water partition coefficient (Wildman–Crippen LogP) is 3.68. The van der Waals surface area contributed by atoms with Crippen LogP contribution in [0.5, 0.6) is 0 Å². The lowest BCUT2D eigenvalue weighted by Crippen LogP contribution is -2.38. The molecule has 0 heterocycles. The highest BCUT2D eigenvalue weighted by Gasteiger charge is 2.31. The van der Waals surface area contributed by atoms with Crippen molar-refractivity contribution in [1.82, 2.24) is 4.90 Å². The molecule has 0 aliphatic carbocycles. The molecule has 0 saturated heterocycles. The molecule has 2 nitrogen and oxygen atoms in total. The van der Waals surface area contributed by atoms with Crippen LogP contribution in [-0.4, -0.2) is 36.5 Å². The van der Waals surface area contributed by atoms with Gasteiger partial charge in [0.1, 0.15) is 0 Å². The minimum atomic E-state index is -4.28. The van der Waals surface area contributed by atoms with Crippen LogP contribution in [0.25, 0.3) is 0 Å². The Bertz CT molecular complexity index is 471. The van der Waals surface area contributed by atoms with E-state index in [0.717, 1.165) is 21.6 Å². The molecule has 0 saturated carbocycles. The second kappa shape index (κ2) is 6.39. The Morgan fingerprint density at radius 1 is 1.15 bits per heavy atom. The van der Waals surface area contributed by atoms with Gasteiger partial charge in [-0.25, -0.2) is 0 Å². The summed E-state index contributed by atoms with van der Waals surface area (Å²) in [7, 11) is 0. The number of carbonyl (C=O) groups is 1. The van der Waals surface area contributed by atoms with E-state index in [1.807, 2.05) is 32.9 Å². The number of hydrogen-bond donors (Lipinski definition) is 0. The van der Waals surface area contributed by atoms with E-state index in [0.29, 0.717) is 5.56 Å². The minimum absolute atomic E-state index is 0.190. The molecule has 0 aliphatic heterocycles. The van der Waals surface area contributed by atoms with Crippen LogP contribution in [0.2, 0.25) is 0 Å². The zero-order chi connectivity index (χ0) is 15.5. The molecule has 0 N–H and O–H groups in total. The van der Waals surface area contributed by atoms with Crippen molar-refractivity contribution in [3.8, 4) is 0 Å². The van der Waals surface area contributed by atoms with Crippen LogP contribution in [0.15, 0.2) is 12.1 Å². The molecule has 0 unspecified atom stereocenters. The van der Waals surface area contributed by atoms with Crippen molar-refractivity contribution in [2.24, 2.45) is 0 Å². The van der Waals surface area contributed by atoms with Crippen LogP contribution >= 0.6 is 0 Å². The molecule has 1 aromatic rings. The number of nitrogens with zero attached hydrogens (tertiary/aromatic N) is 1. The Hall–Kier alpha value is -1.36. The zero-order valence-electron chi connectivity index (χ0n) is 12.3. The van der Waals surface area contributed by atoms with E-state index in [9.17, 15) is 18.0 Å². The summed E-state index contributed by atoms with van der Waals surface area (Å²) in [6.45, 7) is 6.10. The molecule has 0 aromatic heterocycles. The predicted molar refractivity (Wildman–Crippen MR) is 73.2 cm³/mol. The van der Waals surface area contributed by atoms with Crippen LogP contribution in [0.3, 0.4) is 0 Å². The van der Waals surface area contributed by atoms with Crippen molar-refractivity contribution in [3.63, 3.8) is 0 Å². The molecule has 0 spiro atoms. The van der Waals surface area contributed by atoms with Gasteiger partial charge in [0.15, 0.2) is 5.78 Å². The lowest BCUT2D eigenvalue weighted by molar-refractivity contribution is -0.144. The highest BCUT2D eigenvalue weighted by atomic mass is 19.4. The van der Waals surface area contributed by atoms with Gasteiger partial charge in [0.05, 0.1) is 13.1 Å². The van der Waals surface area contributed by atoms with Gasteiger partial charge in [-0.3, -0.25) is 9.69 Å². The zero-order valence-corrected chi connectivity index (χ0v) is 12.3. The van der Waals surface area contributed by atoms with Crippen LogP contribution in [-0.2, 0) is 0 Å². The largest absolute Gasteiger partial charge is 0.401 e. The fourth-order valence-corrected chi connectivity index (χ4v) is 2.44. The Labute approximate surface area is 117 Å². The number of rotatable bonds is 5. The van der Waals surface area contributed by atoms with Crippen LogP contribution in [0, 0.1) is 20.8 Å². The Kier molecular flexibility index (Phi) is 5.34. The van der Waals surface area contributed by atoms with Gasteiger partial charge in [-0.15, -0.1) is 0 Å². The minimum Gasteiger partial charge on any atom is -0.293 e. The van der Waals surface area contributed by atoms with Crippen molar-refractivity contribution >= 4 is 5.78 Å². The summed E-state index contributed by atoms with van der Waals surface area (Å²) in [6, 6.07) is 3.75. The summed E-state index contributed by atoms with van der Waals surface area (Å²) in [6.07, 6.45) is -4.28. The molecule has 5 heteroatoms. The summed E-state index contributed by atoms with van der Waals surface area (Å²) >= 11 is 0. The van der Waals surface area contributed by atoms with Crippen molar-refractivity contribution in [1.29, 1.82) is 0 Å². The lowest BCUT2D eigenvalue weighted by Gasteiger charge is -2.22. The van der Waals surface area contributed by atoms with Crippen molar-refractivity contribution in [3.05, 3.63) is 34.4 Å². The molecule has 0 atom stereocenters. The van der Waals surface area contributed by atoms with E-state index in [-0.39, 0.29) is 18.9 Å². The van der Waals surface area contributed by atoms with E-state index < -0.39 is 12.7 Å². The number of Topliss-reactive ketones (excluding diaryl/α,β-unsaturated/α-hetero) is 1. The van der Waals surface area contributed by atoms with Gasteiger partial charge >= 0.3 is 6.18 Å². The molecular formula is C15H20F3NO. The van der Waals surface area contributed by atoms with E-state index in [1.165, 1.54) is 0 Å². The summed E-state index contributed by atoms with van der Waals surface area (Å²) < 4.78 is 37.2. The van der Waals surface area contributed by atoms with Crippen LogP contribution in [0.1, 0.15) is 34.0 Å². The maximum Gasteiger partial charge on any atom is 0.401 e. The fourth-order valence-electron chi connectivity index (χ4n) is 2.44. The van der Waals surface area contributed by atoms with Gasteiger partial charge in [0.2, 0.25) is 0 Å². The van der Waals surface area contributed by atoms with Gasteiger partial charge in [-0.2, -0.15) is 13.2 Å². The first-order valence-electron chi connectivity index (χ1n) is 6.54. The maximum absolute atomic E-state index is 12.4. The summed E-state index contributed by atoms with van der Waals surface area (Å²) in [4.78, 5) is 13.4. The number of likely N-dealkylation sites (N-methyl/N-ethyl adjacent to an activating group) is 1. The molecule has 0 amide bonds. The smallest absolute Gasteiger partial charge is 0.293 e. The number of alkyl halides is 3. The highest BCUT2D eigenvalue weighted by Crippen LogP contribution is 2.19. The second-order valence-corrected chi connectivity index (χ2v) is 5.12. The molecule has 0 radical (unpaired) electrons. The molecule has 1 rings (SSSR count). The van der Waals surface area contributed by atoms with Gasteiger partial charge in [-0.05, 0) is 38.4 Å². The van der Waals surface area contributed by atoms with Crippen molar-refractivity contribution < 1.29 is 18.0 Å². The fraction of sp³-hybridized carbons (Fsp3) is 0.533. The summed E-state index contributed by atoms with van der Waals surface area (Å²) in [5, 5.41) is 0. The normalized spacial score (nSPS) is 12.0. The first-order valence-corrected chi connectivity index (χ1v) is 6.54. The molecule has 112 valence electrons. The molecule has 0 bridgehead atoms. The third-order valence-corrected chi connectivity index (χ3v) is 3.17.